The van der Waals surface area contributed by atoms with Crippen molar-refractivity contribution in [3.63, 3.8) is 0 Å². The smallest absolute Gasteiger partial charge is 0.353 e. The highest BCUT2D eigenvalue weighted by Crippen LogP contribution is 2.29. The van der Waals surface area contributed by atoms with Gasteiger partial charge in [0.1, 0.15) is 11.6 Å². The lowest BCUT2D eigenvalue weighted by molar-refractivity contribution is -0.137. The summed E-state index contributed by atoms with van der Waals surface area (Å²) < 4.78 is 39.9. The van der Waals surface area contributed by atoms with Crippen LogP contribution in [0.25, 0.3) is 0 Å². The van der Waals surface area contributed by atoms with Gasteiger partial charge in [-0.2, -0.15) is 13.2 Å². The highest BCUT2D eigenvalue weighted by Gasteiger charge is 2.30. The number of aromatic nitrogens is 3. The maximum atomic E-state index is 13.2. The molecular formula is C25H26F3N5O2. The number of hydrogen-bond donors (Lipinski definition) is 0. The van der Waals surface area contributed by atoms with Crippen molar-refractivity contribution in [3.05, 3.63) is 77.5 Å². The van der Waals surface area contributed by atoms with Crippen LogP contribution < -0.4 is 4.90 Å². The number of ketones is 1. The molecule has 0 atom stereocenters. The number of anilines is 1. The summed E-state index contributed by atoms with van der Waals surface area (Å²) in [7, 11) is 0. The minimum absolute atomic E-state index is 0.00174. The normalized spacial score (nSPS) is 14.3. The highest BCUT2D eigenvalue weighted by atomic mass is 19.4. The molecule has 1 fully saturated rings. The topological polar surface area (TPSA) is 71.3 Å². The van der Waals surface area contributed by atoms with Crippen LogP contribution in [0.1, 0.15) is 34.4 Å². The number of piperazine rings is 1. The summed E-state index contributed by atoms with van der Waals surface area (Å²) >= 11 is 0. The number of aryl methyl sites for hydroxylation is 1. The molecule has 0 radical (unpaired) electrons. The van der Waals surface area contributed by atoms with Gasteiger partial charge in [0.05, 0.1) is 17.7 Å². The third kappa shape index (κ3) is 5.87. The fourth-order valence-corrected chi connectivity index (χ4v) is 4.09. The summed E-state index contributed by atoms with van der Waals surface area (Å²) in [5.74, 6) is 0.794. The molecule has 0 saturated carbocycles. The molecule has 4 rings (SSSR count). The van der Waals surface area contributed by atoms with E-state index in [-0.39, 0.29) is 30.4 Å². The second-order valence-electron chi connectivity index (χ2n) is 8.40. The van der Waals surface area contributed by atoms with Crippen LogP contribution in [0.15, 0.2) is 54.9 Å². The lowest BCUT2D eigenvalue weighted by Crippen LogP contribution is -2.49. The van der Waals surface area contributed by atoms with Gasteiger partial charge in [-0.3, -0.25) is 9.59 Å². The van der Waals surface area contributed by atoms with Crippen molar-refractivity contribution >= 4 is 17.5 Å². The zero-order chi connectivity index (χ0) is 25.0. The summed E-state index contributed by atoms with van der Waals surface area (Å²) in [6, 6.07) is 10.3. The average Bonchev–Trinajstić information content (AvgIpc) is 3.26. The number of imidazole rings is 1. The predicted molar refractivity (Wildman–Crippen MR) is 124 cm³/mol. The quantitative estimate of drug-likeness (QED) is 0.511. The van der Waals surface area contributed by atoms with Crippen molar-refractivity contribution < 1.29 is 22.8 Å². The van der Waals surface area contributed by atoms with Crippen molar-refractivity contribution in [3.8, 4) is 0 Å². The van der Waals surface area contributed by atoms with Gasteiger partial charge in [0.25, 0.3) is 5.91 Å². The Morgan fingerprint density at radius 1 is 0.971 bits per heavy atom. The van der Waals surface area contributed by atoms with E-state index < -0.39 is 11.7 Å². The molecule has 1 amide bonds. The summed E-state index contributed by atoms with van der Waals surface area (Å²) in [5, 5.41) is 0. The van der Waals surface area contributed by atoms with E-state index in [1.54, 1.807) is 21.9 Å². The maximum absolute atomic E-state index is 13.2. The Morgan fingerprint density at radius 2 is 1.69 bits per heavy atom. The fourth-order valence-electron chi connectivity index (χ4n) is 4.09. The Balaban J connectivity index is 1.37. The third-order valence-corrected chi connectivity index (χ3v) is 5.96. The molecule has 1 aliphatic heterocycles. The second-order valence-corrected chi connectivity index (χ2v) is 8.40. The summed E-state index contributed by atoms with van der Waals surface area (Å²) in [5.41, 5.74) is 0.221. The van der Waals surface area contributed by atoms with E-state index in [0.717, 1.165) is 18.0 Å². The molecule has 1 aromatic carbocycles. The van der Waals surface area contributed by atoms with Gasteiger partial charge in [0, 0.05) is 51.5 Å². The van der Waals surface area contributed by atoms with Crippen molar-refractivity contribution in [2.24, 2.45) is 0 Å². The van der Waals surface area contributed by atoms with Crippen LogP contribution in [-0.2, 0) is 30.4 Å². The number of carbonyl (C=O) groups excluding carboxylic acids is 2. The van der Waals surface area contributed by atoms with E-state index >= 15 is 0 Å². The molecule has 184 valence electrons. The van der Waals surface area contributed by atoms with E-state index in [9.17, 15) is 22.8 Å². The second kappa shape index (κ2) is 10.3. The molecule has 2 aromatic heterocycles. The molecule has 7 nitrogen and oxygen atoms in total. The molecule has 3 heterocycles. The minimum Gasteiger partial charge on any atom is -0.353 e. The van der Waals surface area contributed by atoms with Crippen LogP contribution in [0.5, 0.6) is 0 Å². The molecule has 0 aliphatic carbocycles. The molecule has 10 heteroatoms. The van der Waals surface area contributed by atoms with Gasteiger partial charge in [0.2, 0.25) is 0 Å². The molecular weight excluding hydrogens is 459 g/mol. The number of alkyl halides is 3. The van der Waals surface area contributed by atoms with Crippen LogP contribution in [0.2, 0.25) is 0 Å². The van der Waals surface area contributed by atoms with Crippen molar-refractivity contribution in [1.29, 1.82) is 0 Å². The first-order chi connectivity index (χ1) is 16.7. The number of benzene rings is 1. The lowest BCUT2D eigenvalue weighted by Gasteiger charge is -2.35. The van der Waals surface area contributed by atoms with Crippen LogP contribution in [-0.4, -0.2) is 57.3 Å². The zero-order valence-corrected chi connectivity index (χ0v) is 19.3. The van der Waals surface area contributed by atoms with Crippen molar-refractivity contribution in [2.45, 2.75) is 32.5 Å². The summed E-state index contributed by atoms with van der Waals surface area (Å²) in [6.07, 6.45) is -0.978. The first-order valence-electron chi connectivity index (χ1n) is 11.4. The SMILES string of the molecule is CCn1cc(CC(=O)Cc2ccc(C(F)(F)F)cc2)nc1C(=O)N1CCN(c2ccccn2)CC1. The van der Waals surface area contributed by atoms with Crippen LogP contribution >= 0.6 is 0 Å². The third-order valence-electron chi connectivity index (χ3n) is 5.96. The van der Waals surface area contributed by atoms with E-state index in [4.69, 9.17) is 0 Å². The first-order valence-corrected chi connectivity index (χ1v) is 11.4. The Morgan fingerprint density at radius 3 is 2.29 bits per heavy atom. The van der Waals surface area contributed by atoms with Crippen LogP contribution in [0.3, 0.4) is 0 Å². The highest BCUT2D eigenvalue weighted by molar-refractivity contribution is 5.91. The maximum Gasteiger partial charge on any atom is 0.416 e. The Bertz CT molecular complexity index is 1170. The standard InChI is InChI=1S/C25H26F3N5O2/c1-2-31-17-20(16-21(34)15-18-6-8-19(9-7-18)25(26,27)28)30-23(31)24(35)33-13-11-32(12-14-33)22-5-3-4-10-29-22/h3-10,17H,2,11-16H2,1H3. The number of nitrogens with zero attached hydrogens (tertiary/aromatic N) is 5. The molecule has 0 spiro atoms. The Kier molecular flexibility index (Phi) is 7.18. The van der Waals surface area contributed by atoms with Gasteiger partial charge in [-0.15, -0.1) is 0 Å². The molecule has 3 aromatic rings. The summed E-state index contributed by atoms with van der Waals surface area (Å²) in [6.45, 7) is 4.81. The van der Waals surface area contributed by atoms with Crippen LogP contribution in [0, 0.1) is 0 Å². The number of halogens is 3. The van der Waals surface area contributed by atoms with Crippen molar-refractivity contribution in [1.82, 2.24) is 19.4 Å². The van der Waals surface area contributed by atoms with Gasteiger partial charge in [-0.1, -0.05) is 18.2 Å². The van der Waals surface area contributed by atoms with Gasteiger partial charge in [-0.25, -0.2) is 9.97 Å². The molecule has 0 N–H and O–H groups in total. The Labute approximate surface area is 201 Å². The molecule has 0 unspecified atom stereocenters. The lowest BCUT2D eigenvalue weighted by atomic mass is 10.0. The zero-order valence-electron chi connectivity index (χ0n) is 19.3. The molecule has 1 aliphatic rings. The number of Topliss-reactive ketones (excluding diaryl/α,β-unsaturated/α-hetero) is 1. The van der Waals surface area contributed by atoms with Crippen LogP contribution in [0.4, 0.5) is 19.0 Å². The van der Waals surface area contributed by atoms with E-state index in [1.165, 1.54) is 12.1 Å². The molecule has 1 saturated heterocycles. The molecule has 35 heavy (non-hydrogen) atoms. The van der Waals surface area contributed by atoms with E-state index in [1.807, 2.05) is 25.1 Å². The largest absolute Gasteiger partial charge is 0.416 e. The molecule has 0 bridgehead atoms. The number of carbonyl (C=O) groups is 2. The number of amides is 1. The first kappa shape index (κ1) is 24.4. The van der Waals surface area contributed by atoms with Gasteiger partial charge in [0.15, 0.2) is 5.82 Å². The van der Waals surface area contributed by atoms with Gasteiger partial charge >= 0.3 is 6.18 Å². The number of pyridine rings is 1. The van der Waals surface area contributed by atoms with Gasteiger partial charge in [-0.05, 0) is 36.8 Å². The fraction of sp³-hybridized carbons (Fsp3) is 0.360. The summed E-state index contributed by atoms with van der Waals surface area (Å²) in [4.78, 5) is 38.4. The van der Waals surface area contributed by atoms with E-state index in [0.29, 0.717) is 44.0 Å². The number of hydrogen-bond acceptors (Lipinski definition) is 5. The van der Waals surface area contributed by atoms with Gasteiger partial charge < -0.3 is 14.4 Å². The predicted octanol–water partition coefficient (Wildman–Crippen LogP) is 3.63. The monoisotopic (exact) mass is 485 g/mol. The Hall–Kier alpha value is -3.69. The number of rotatable bonds is 7. The minimum atomic E-state index is -4.41. The average molecular weight is 486 g/mol. The van der Waals surface area contributed by atoms with Crippen molar-refractivity contribution in [2.75, 3.05) is 31.1 Å². The van der Waals surface area contributed by atoms with E-state index in [2.05, 4.69) is 14.9 Å².